The summed E-state index contributed by atoms with van der Waals surface area (Å²) in [6.45, 7) is 1.90. The van der Waals surface area contributed by atoms with Crippen LogP contribution in [0, 0.1) is 0 Å². The second kappa shape index (κ2) is 8.14. The van der Waals surface area contributed by atoms with Gasteiger partial charge < -0.3 is 19.3 Å². The summed E-state index contributed by atoms with van der Waals surface area (Å²) < 4.78 is 15.9. The second-order valence-electron chi connectivity index (χ2n) is 6.52. The topological polar surface area (TPSA) is 104 Å². The van der Waals surface area contributed by atoms with Crippen LogP contribution in [-0.2, 0) is 27.4 Å². The number of benzene rings is 2. The average Bonchev–Trinajstić information content (AvgIpc) is 3.22. The number of ether oxygens (including phenoxy) is 2. The summed E-state index contributed by atoms with van der Waals surface area (Å²) in [6.07, 6.45) is -0.227. The Labute approximate surface area is 166 Å². The SMILES string of the molecule is CCc1ccc(-c2noc(COC(=O)C[C@H]3Oc4ccccc4NC3=O)n2)cc1. The molecule has 1 atom stereocenters. The van der Waals surface area contributed by atoms with E-state index in [9.17, 15) is 9.59 Å². The first-order chi connectivity index (χ1) is 14.1. The monoisotopic (exact) mass is 393 g/mol. The molecule has 0 saturated heterocycles. The van der Waals surface area contributed by atoms with Gasteiger partial charge in [-0.05, 0) is 24.1 Å². The molecule has 148 valence electrons. The highest BCUT2D eigenvalue weighted by Gasteiger charge is 2.30. The zero-order valence-corrected chi connectivity index (χ0v) is 15.8. The van der Waals surface area contributed by atoms with E-state index in [0.717, 1.165) is 12.0 Å². The maximum Gasteiger partial charge on any atom is 0.310 e. The number of hydrogen-bond acceptors (Lipinski definition) is 7. The minimum Gasteiger partial charge on any atom is -0.478 e. The quantitative estimate of drug-likeness (QED) is 0.642. The lowest BCUT2D eigenvalue weighted by molar-refractivity contribution is -0.149. The smallest absolute Gasteiger partial charge is 0.310 e. The lowest BCUT2D eigenvalue weighted by Crippen LogP contribution is -2.38. The molecule has 1 aromatic heterocycles. The number of esters is 1. The molecule has 0 unspecified atom stereocenters. The van der Waals surface area contributed by atoms with Crippen LogP contribution in [0.4, 0.5) is 5.69 Å². The molecule has 1 amide bonds. The van der Waals surface area contributed by atoms with Crippen LogP contribution in [0.3, 0.4) is 0 Å². The van der Waals surface area contributed by atoms with Crippen molar-refractivity contribution < 1.29 is 23.6 Å². The Morgan fingerprint density at radius 3 is 2.76 bits per heavy atom. The van der Waals surface area contributed by atoms with Gasteiger partial charge in [0, 0.05) is 5.56 Å². The number of rotatable bonds is 6. The average molecular weight is 393 g/mol. The highest BCUT2D eigenvalue weighted by Crippen LogP contribution is 2.29. The number of anilines is 1. The minimum absolute atomic E-state index is 0.173. The van der Waals surface area contributed by atoms with Crippen molar-refractivity contribution in [3.05, 3.63) is 60.0 Å². The number of amides is 1. The molecule has 0 radical (unpaired) electrons. The van der Waals surface area contributed by atoms with Gasteiger partial charge in [-0.25, -0.2) is 0 Å². The maximum absolute atomic E-state index is 12.1. The summed E-state index contributed by atoms with van der Waals surface area (Å²) >= 11 is 0. The molecule has 1 aliphatic rings. The first-order valence-electron chi connectivity index (χ1n) is 9.26. The lowest BCUT2D eigenvalue weighted by Gasteiger charge is -2.24. The van der Waals surface area contributed by atoms with Crippen LogP contribution in [-0.4, -0.2) is 28.1 Å². The molecule has 1 N–H and O–H groups in total. The fraction of sp³-hybridized carbons (Fsp3) is 0.238. The number of fused-ring (bicyclic) bond motifs is 1. The molecule has 4 rings (SSSR count). The molecular formula is C21H19N3O5. The number of aromatic nitrogens is 2. The lowest BCUT2D eigenvalue weighted by atomic mass is 10.1. The molecule has 0 saturated carbocycles. The Kier molecular flexibility index (Phi) is 5.24. The van der Waals surface area contributed by atoms with Gasteiger partial charge in [0.2, 0.25) is 5.82 Å². The molecule has 3 aromatic rings. The van der Waals surface area contributed by atoms with Crippen molar-refractivity contribution in [1.29, 1.82) is 0 Å². The van der Waals surface area contributed by atoms with E-state index >= 15 is 0 Å². The van der Waals surface area contributed by atoms with Crippen molar-refractivity contribution in [2.45, 2.75) is 32.5 Å². The van der Waals surface area contributed by atoms with Gasteiger partial charge in [-0.15, -0.1) is 0 Å². The highest BCUT2D eigenvalue weighted by molar-refractivity contribution is 5.99. The van der Waals surface area contributed by atoms with Crippen LogP contribution >= 0.6 is 0 Å². The molecule has 1 aliphatic heterocycles. The van der Waals surface area contributed by atoms with E-state index < -0.39 is 18.0 Å². The van der Waals surface area contributed by atoms with E-state index in [1.54, 1.807) is 24.3 Å². The van der Waals surface area contributed by atoms with Gasteiger partial charge in [-0.1, -0.05) is 48.5 Å². The zero-order chi connectivity index (χ0) is 20.2. The van der Waals surface area contributed by atoms with Crippen molar-refractivity contribution in [1.82, 2.24) is 10.1 Å². The number of aryl methyl sites for hydroxylation is 1. The summed E-state index contributed by atoms with van der Waals surface area (Å²) in [5.41, 5.74) is 2.60. The third kappa shape index (κ3) is 4.26. The molecule has 2 heterocycles. The number of nitrogens with zero attached hydrogens (tertiary/aromatic N) is 2. The van der Waals surface area contributed by atoms with Gasteiger partial charge in [0.1, 0.15) is 5.75 Å². The van der Waals surface area contributed by atoms with Gasteiger partial charge in [0.05, 0.1) is 12.1 Å². The number of carbonyl (C=O) groups is 2. The van der Waals surface area contributed by atoms with Crippen LogP contribution in [0.2, 0.25) is 0 Å². The molecule has 2 aromatic carbocycles. The summed E-state index contributed by atoms with van der Waals surface area (Å²) in [5, 5.41) is 6.61. The van der Waals surface area contributed by atoms with Crippen molar-refractivity contribution >= 4 is 17.6 Å². The van der Waals surface area contributed by atoms with Crippen molar-refractivity contribution in [3.8, 4) is 17.1 Å². The molecule has 0 fully saturated rings. The van der Waals surface area contributed by atoms with E-state index in [1.807, 2.05) is 24.3 Å². The van der Waals surface area contributed by atoms with E-state index in [2.05, 4.69) is 22.4 Å². The Balaban J connectivity index is 1.32. The molecule has 29 heavy (non-hydrogen) atoms. The van der Waals surface area contributed by atoms with Gasteiger partial charge in [0.15, 0.2) is 12.7 Å². The normalized spacial score (nSPS) is 15.2. The van der Waals surface area contributed by atoms with Crippen molar-refractivity contribution in [2.75, 3.05) is 5.32 Å². The number of hydrogen-bond donors (Lipinski definition) is 1. The summed E-state index contributed by atoms with van der Waals surface area (Å²) in [5.74, 6) is 0.117. The number of para-hydroxylation sites is 2. The van der Waals surface area contributed by atoms with E-state index in [4.69, 9.17) is 14.0 Å². The van der Waals surface area contributed by atoms with Crippen molar-refractivity contribution in [2.24, 2.45) is 0 Å². The van der Waals surface area contributed by atoms with Crippen LogP contribution in [0.25, 0.3) is 11.4 Å². The Morgan fingerprint density at radius 2 is 1.97 bits per heavy atom. The Morgan fingerprint density at radius 1 is 1.17 bits per heavy atom. The zero-order valence-electron chi connectivity index (χ0n) is 15.8. The summed E-state index contributed by atoms with van der Waals surface area (Å²) in [6, 6.07) is 14.8. The van der Waals surface area contributed by atoms with Gasteiger partial charge >= 0.3 is 5.97 Å². The fourth-order valence-electron chi connectivity index (χ4n) is 2.90. The van der Waals surface area contributed by atoms with Gasteiger partial charge in [0.25, 0.3) is 11.8 Å². The van der Waals surface area contributed by atoms with E-state index in [1.165, 1.54) is 5.56 Å². The van der Waals surface area contributed by atoms with Gasteiger partial charge in [-0.2, -0.15) is 4.98 Å². The number of carbonyl (C=O) groups excluding carboxylic acids is 2. The fourth-order valence-corrected chi connectivity index (χ4v) is 2.90. The first kappa shape index (κ1) is 18.7. The third-order valence-electron chi connectivity index (χ3n) is 4.50. The third-order valence-corrected chi connectivity index (χ3v) is 4.50. The number of nitrogens with one attached hydrogen (secondary N) is 1. The molecule has 8 nitrogen and oxygen atoms in total. The van der Waals surface area contributed by atoms with Crippen LogP contribution in [0.1, 0.15) is 24.8 Å². The summed E-state index contributed by atoms with van der Waals surface area (Å²) in [4.78, 5) is 28.4. The minimum atomic E-state index is -0.951. The van der Waals surface area contributed by atoms with Crippen LogP contribution in [0.5, 0.6) is 5.75 Å². The first-order valence-corrected chi connectivity index (χ1v) is 9.26. The Bertz CT molecular complexity index is 1030. The second-order valence-corrected chi connectivity index (χ2v) is 6.52. The summed E-state index contributed by atoms with van der Waals surface area (Å²) in [7, 11) is 0. The van der Waals surface area contributed by atoms with Crippen molar-refractivity contribution in [3.63, 3.8) is 0 Å². The van der Waals surface area contributed by atoms with Crippen LogP contribution < -0.4 is 10.1 Å². The predicted molar refractivity (Wildman–Crippen MR) is 103 cm³/mol. The largest absolute Gasteiger partial charge is 0.478 e. The predicted octanol–water partition coefficient (Wildman–Crippen LogP) is 3.13. The van der Waals surface area contributed by atoms with E-state index in [-0.39, 0.29) is 18.9 Å². The molecule has 0 bridgehead atoms. The highest BCUT2D eigenvalue weighted by atomic mass is 16.6. The molecule has 0 spiro atoms. The molecular weight excluding hydrogens is 374 g/mol. The van der Waals surface area contributed by atoms with Crippen LogP contribution in [0.15, 0.2) is 53.1 Å². The maximum atomic E-state index is 12.1. The standard InChI is InChI=1S/C21H19N3O5/c1-2-13-7-9-14(10-8-13)20-23-18(29-24-20)12-27-19(25)11-17-21(26)22-15-5-3-4-6-16(15)28-17/h3-10,17H,2,11-12H2,1H3,(H,22,26)/t17-/m1/s1. The molecule has 0 aliphatic carbocycles. The Hall–Kier alpha value is -3.68. The molecule has 8 heteroatoms. The van der Waals surface area contributed by atoms with Gasteiger partial charge in [-0.3, -0.25) is 9.59 Å². The van der Waals surface area contributed by atoms with E-state index in [0.29, 0.717) is 17.3 Å².